The number of hydrogen-bond acceptors (Lipinski definition) is 3. The van der Waals surface area contributed by atoms with Gasteiger partial charge in [-0.05, 0) is 30.7 Å². The molecule has 2 aromatic carbocycles. The molecule has 2 rings (SSSR count). The highest BCUT2D eigenvalue weighted by Crippen LogP contribution is 2.19. The fraction of sp³-hybridized carbons (Fsp3) is 0.316. The number of hydrogen-bond donors (Lipinski definition) is 2. The molecule has 0 amide bonds. The monoisotopic (exact) mass is 359 g/mol. The fourth-order valence-electron chi connectivity index (χ4n) is 2.35. The minimum Gasteiger partial charge on any atom is -0.496 e. The van der Waals surface area contributed by atoms with Crippen LogP contribution in [0.1, 0.15) is 11.1 Å². The highest BCUT2D eigenvalue weighted by atomic mass is 32.2. The molecule has 2 aromatic rings. The molecule has 1 atom stereocenters. The van der Waals surface area contributed by atoms with Crippen LogP contribution >= 0.6 is 0 Å². The smallest absolute Gasteiger partial charge is 0.191 e. The summed E-state index contributed by atoms with van der Waals surface area (Å²) in [6, 6.07) is 15.6. The third-order valence-electron chi connectivity index (χ3n) is 3.70. The SMILES string of the molecule is CN=C(NCCS(=O)c1ccccc1)NCc1ccc(C)cc1OC. The van der Waals surface area contributed by atoms with Crippen molar-refractivity contribution in [3.05, 3.63) is 59.7 Å². The van der Waals surface area contributed by atoms with Gasteiger partial charge in [-0.2, -0.15) is 0 Å². The molecule has 6 heteroatoms. The summed E-state index contributed by atoms with van der Waals surface area (Å²) >= 11 is 0. The van der Waals surface area contributed by atoms with E-state index in [-0.39, 0.29) is 0 Å². The van der Waals surface area contributed by atoms with Crippen LogP contribution < -0.4 is 15.4 Å². The summed E-state index contributed by atoms with van der Waals surface area (Å²) in [5.74, 6) is 2.05. The molecule has 0 bridgehead atoms. The second-order valence-electron chi connectivity index (χ2n) is 5.53. The van der Waals surface area contributed by atoms with E-state index in [0.717, 1.165) is 21.8 Å². The van der Waals surface area contributed by atoms with Crippen molar-refractivity contribution in [3.63, 3.8) is 0 Å². The van der Waals surface area contributed by atoms with Crippen molar-refractivity contribution in [2.24, 2.45) is 4.99 Å². The van der Waals surface area contributed by atoms with Gasteiger partial charge in [0.1, 0.15) is 5.75 Å². The molecule has 0 saturated heterocycles. The predicted octanol–water partition coefficient (Wildman–Crippen LogP) is 2.48. The first-order valence-corrected chi connectivity index (χ1v) is 9.47. The number of aliphatic imine (C=N–C) groups is 1. The Morgan fingerprint density at radius 1 is 1.16 bits per heavy atom. The Morgan fingerprint density at radius 2 is 1.92 bits per heavy atom. The average molecular weight is 359 g/mol. The Bertz CT molecular complexity index is 733. The Labute approximate surface area is 152 Å². The number of nitrogens with zero attached hydrogens (tertiary/aromatic N) is 1. The van der Waals surface area contributed by atoms with E-state index in [9.17, 15) is 4.21 Å². The third kappa shape index (κ3) is 5.90. The van der Waals surface area contributed by atoms with Gasteiger partial charge in [0.25, 0.3) is 0 Å². The van der Waals surface area contributed by atoms with Crippen molar-refractivity contribution in [2.75, 3.05) is 26.5 Å². The first-order chi connectivity index (χ1) is 12.1. The summed E-state index contributed by atoms with van der Waals surface area (Å²) in [6.07, 6.45) is 0. The van der Waals surface area contributed by atoms with Gasteiger partial charge in [-0.1, -0.05) is 30.3 Å². The zero-order valence-electron chi connectivity index (χ0n) is 14.9. The van der Waals surface area contributed by atoms with E-state index in [4.69, 9.17) is 4.74 Å². The van der Waals surface area contributed by atoms with Gasteiger partial charge in [0, 0.05) is 36.3 Å². The van der Waals surface area contributed by atoms with Crippen LogP contribution in [0.4, 0.5) is 0 Å². The molecule has 25 heavy (non-hydrogen) atoms. The number of methoxy groups -OCH3 is 1. The van der Waals surface area contributed by atoms with Crippen molar-refractivity contribution in [3.8, 4) is 5.75 Å². The Kier molecular flexibility index (Phi) is 7.47. The molecule has 0 aliphatic carbocycles. The van der Waals surface area contributed by atoms with Crippen LogP contribution in [0.3, 0.4) is 0 Å². The Hall–Kier alpha value is -2.34. The lowest BCUT2D eigenvalue weighted by Gasteiger charge is -2.14. The summed E-state index contributed by atoms with van der Waals surface area (Å²) in [4.78, 5) is 5.04. The highest BCUT2D eigenvalue weighted by Gasteiger charge is 2.06. The number of guanidine groups is 1. The molecule has 5 nitrogen and oxygen atoms in total. The van der Waals surface area contributed by atoms with E-state index in [1.807, 2.05) is 49.4 Å². The third-order valence-corrected chi connectivity index (χ3v) is 5.07. The number of nitrogens with one attached hydrogen (secondary N) is 2. The maximum atomic E-state index is 12.2. The van der Waals surface area contributed by atoms with Crippen LogP contribution in [0, 0.1) is 6.92 Å². The summed E-state index contributed by atoms with van der Waals surface area (Å²) in [5, 5.41) is 6.45. The first kappa shape index (κ1) is 19.0. The van der Waals surface area contributed by atoms with Gasteiger partial charge in [0.2, 0.25) is 0 Å². The zero-order valence-corrected chi connectivity index (χ0v) is 15.7. The maximum Gasteiger partial charge on any atom is 0.191 e. The van der Waals surface area contributed by atoms with E-state index in [0.29, 0.717) is 24.8 Å². The van der Waals surface area contributed by atoms with Crippen molar-refractivity contribution < 1.29 is 8.95 Å². The summed E-state index contributed by atoms with van der Waals surface area (Å²) in [5.41, 5.74) is 2.22. The fourth-order valence-corrected chi connectivity index (χ4v) is 3.33. The predicted molar refractivity (Wildman–Crippen MR) is 104 cm³/mol. The summed E-state index contributed by atoms with van der Waals surface area (Å²) < 4.78 is 17.6. The van der Waals surface area contributed by atoms with Gasteiger partial charge < -0.3 is 15.4 Å². The average Bonchev–Trinajstić information content (AvgIpc) is 2.65. The molecule has 0 aliphatic heterocycles. The molecule has 0 fully saturated rings. The molecular formula is C19H25N3O2S. The Balaban J connectivity index is 1.82. The minimum atomic E-state index is -1.01. The summed E-state index contributed by atoms with van der Waals surface area (Å²) in [7, 11) is 2.37. The molecule has 0 radical (unpaired) electrons. The molecule has 0 aliphatic rings. The molecule has 134 valence electrons. The molecule has 1 unspecified atom stereocenters. The second-order valence-corrected chi connectivity index (χ2v) is 7.10. The topological polar surface area (TPSA) is 62.7 Å². The van der Waals surface area contributed by atoms with Crippen molar-refractivity contribution in [1.29, 1.82) is 0 Å². The van der Waals surface area contributed by atoms with Crippen molar-refractivity contribution >= 4 is 16.8 Å². The van der Waals surface area contributed by atoms with Gasteiger partial charge in [-0.15, -0.1) is 0 Å². The molecule has 2 N–H and O–H groups in total. The molecule has 0 saturated carbocycles. The minimum absolute atomic E-state index is 0.526. The van der Waals surface area contributed by atoms with Crippen LogP contribution in [0.5, 0.6) is 5.75 Å². The number of aryl methyl sites for hydroxylation is 1. The van der Waals surface area contributed by atoms with Gasteiger partial charge >= 0.3 is 0 Å². The largest absolute Gasteiger partial charge is 0.496 e. The molecular weight excluding hydrogens is 334 g/mol. The van der Waals surface area contributed by atoms with Crippen molar-refractivity contribution in [2.45, 2.75) is 18.4 Å². The standard InChI is InChI=1S/C19H25N3O2S/c1-15-9-10-16(18(13-15)24-3)14-22-19(20-2)21-11-12-25(23)17-7-5-4-6-8-17/h4-10,13H,11-12,14H2,1-3H3,(H2,20,21,22). The lowest BCUT2D eigenvalue weighted by Crippen LogP contribution is -2.38. The molecule has 0 aromatic heterocycles. The molecule has 0 heterocycles. The summed E-state index contributed by atoms with van der Waals surface area (Å²) in [6.45, 7) is 3.21. The first-order valence-electron chi connectivity index (χ1n) is 8.15. The van der Waals surface area contributed by atoms with Gasteiger partial charge in [0.05, 0.1) is 17.9 Å². The second kappa shape index (κ2) is 9.84. The zero-order chi connectivity index (χ0) is 18.1. The quantitative estimate of drug-likeness (QED) is 0.589. The lowest BCUT2D eigenvalue weighted by atomic mass is 10.1. The normalized spacial score (nSPS) is 12.5. The Morgan fingerprint density at radius 3 is 2.60 bits per heavy atom. The van der Waals surface area contributed by atoms with Crippen LogP contribution in [0.25, 0.3) is 0 Å². The maximum absolute atomic E-state index is 12.2. The van der Waals surface area contributed by atoms with Gasteiger partial charge in [-0.3, -0.25) is 9.20 Å². The van der Waals surface area contributed by atoms with Crippen LogP contribution in [-0.2, 0) is 17.3 Å². The van der Waals surface area contributed by atoms with Crippen LogP contribution in [0.2, 0.25) is 0 Å². The van der Waals surface area contributed by atoms with Gasteiger partial charge in [0.15, 0.2) is 5.96 Å². The number of ether oxygens (including phenoxy) is 1. The van der Waals surface area contributed by atoms with E-state index in [2.05, 4.69) is 21.7 Å². The van der Waals surface area contributed by atoms with Crippen molar-refractivity contribution in [1.82, 2.24) is 10.6 Å². The van der Waals surface area contributed by atoms with E-state index in [1.54, 1.807) is 14.2 Å². The van der Waals surface area contributed by atoms with Gasteiger partial charge in [-0.25, -0.2) is 0 Å². The molecule has 0 spiro atoms. The van der Waals surface area contributed by atoms with E-state index >= 15 is 0 Å². The van der Waals surface area contributed by atoms with Crippen LogP contribution in [-0.4, -0.2) is 36.6 Å². The van der Waals surface area contributed by atoms with Crippen LogP contribution in [0.15, 0.2) is 58.4 Å². The van der Waals surface area contributed by atoms with E-state index < -0.39 is 10.8 Å². The number of benzene rings is 2. The lowest BCUT2D eigenvalue weighted by molar-refractivity contribution is 0.408. The van der Waals surface area contributed by atoms with E-state index in [1.165, 1.54) is 0 Å². The number of rotatable bonds is 7. The highest BCUT2D eigenvalue weighted by molar-refractivity contribution is 7.85.